The molecule has 0 atom stereocenters. The van der Waals surface area contributed by atoms with E-state index in [9.17, 15) is 0 Å². The summed E-state index contributed by atoms with van der Waals surface area (Å²) in [5.41, 5.74) is 1.09. The molecular formula is C18H22N2O. The van der Waals surface area contributed by atoms with Gasteiger partial charge in [-0.1, -0.05) is 31.0 Å². The Morgan fingerprint density at radius 3 is 2.81 bits per heavy atom. The molecule has 0 bridgehead atoms. The number of ether oxygens (including phenoxy) is 1. The van der Waals surface area contributed by atoms with Crippen LogP contribution >= 0.6 is 0 Å². The van der Waals surface area contributed by atoms with Crippen LogP contribution in [-0.4, -0.2) is 17.6 Å². The van der Waals surface area contributed by atoms with Crippen molar-refractivity contribution >= 4 is 10.8 Å². The predicted molar refractivity (Wildman–Crippen MR) is 84.4 cm³/mol. The number of nitrogens with one attached hydrogen (secondary N) is 1. The number of nitrogens with zero attached hydrogens (tertiary/aromatic N) is 1. The summed E-state index contributed by atoms with van der Waals surface area (Å²) < 4.78 is 5.99. The van der Waals surface area contributed by atoms with Crippen LogP contribution in [0.1, 0.15) is 37.8 Å². The Kier molecular flexibility index (Phi) is 3.52. The summed E-state index contributed by atoms with van der Waals surface area (Å²) in [6.45, 7) is 1.63. The molecule has 21 heavy (non-hydrogen) atoms. The number of rotatable bonds is 7. The molecule has 4 rings (SSSR count). The van der Waals surface area contributed by atoms with Crippen LogP contribution in [0, 0.1) is 5.92 Å². The summed E-state index contributed by atoms with van der Waals surface area (Å²) in [5.74, 6) is 1.71. The molecule has 1 aromatic heterocycles. The maximum atomic E-state index is 5.99. The lowest BCUT2D eigenvalue weighted by atomic mass is 10.1. The van der Waals surface area contributed by atoms with E-state index in [1.165, 1.54) is 37.5 Å². The Morgan fingerprint density at radius 2 is 2.00 bits per heavy atom. The zero-order chi connectivity index (χ0) is 14.1. The van der Waals surface area contributed by atoms with Gasteiger partial charge in [0.2, 0.25) is 5.88 Å². The van der Waals surface area contributed by atoms with Crippen LogP contribution in [0.4, 0.5) is 0 Å². The minimum atomic E-state index is 0.706. The summed E-state index contributed by atoms with van der Waals surface area (Å²) in [7, 11) is 0. The average Bonchev–Trinajstić information content (AvgIpc) is 3.39. The van der Waals surface area contributed by atoms with Gasteiger partial charge in [0.15, 0.2) is 0 Å². The van der Waals surface area contributed by atoms with Gasteiger partial charge in [0, 0.05) is 18.0 Å². The average molecular weight is 282 g/mol. The second-order valence-electron chi connectivity index (χ2n) is 6.38. The van der Waals surface area contributed by atoms with Crippen LogP contribution in [0.3, 0.4) is 0 Å². The van der Waals surface area contributed by atoms with Gasteiger partial charge in [-0.2, -0.15) is 0 Å². The molecule has 0 unspecified atom stereocenters. The Balaban J connectivity index is 1.54. The number of hydrogen-bond acceptors (Lipinski definition) is 3. The largest absolute Gasteiger partial charge is 0.477 e. The number of hydrogen-bond donors (Lipinski definition) is 1. The van der Waals surface area contributed by atoms with E-state index in [4.69, 9.17) is 9.72 Å². The lowest BCUT2D eigenvalue weighted by Gasteiger charge is -2.11. The summed E-state index contributed by atoms with van der Waals surface area (Å²) in [6.07, 6.45) is 6.53. The van der Waals surface area contributed by atoms with E-state index >= 15 is 0 Å². The Labute approximate surface area is 125 Å². The highest BCUT2D eigenvalue weighted by atomic mass is 16.5. The Hall–Kier alpha value is -1.61. The summed E-state index contributed by atoms with van der Waals surface area (Å²) in [6, 6.07) is 11.3. The lowest BCUT2D eigenvalue weighted by molar-refractivity contribution is 0.294. The van der Waals surface area contributed by atoms with Crippen molar-refractivity contribution in [1.29, 1.82) is 0 Å². The van der Waals surface area contributed by atoms with E-state index in [-0.39, 0.29) is 0 Å². The van der Waals surface area contributed by atoms with Gasteiger partial charge >= 0.3 is 0 Å². The van der Waals surface area contributed by atoms with Crippen LogP contribution in [0.5, 0.6) is 5.88 Å². The lowest BCUT2D eigenvalue weighted by Crippen LogP contribution is -2.16. The first-order valence-corrected chi connectivity index (χ1v) is 8.13. The van der Waals surface area contributed by atoms with E-state index in [2.05, 4.69) is 35.6 Å². The van der Waals surface area contributed by atoms with Gasteiger partial charge in [0.25, 0.3) is 0 Å². The molecule has 110 valence electrons. The van der Waals surface area contributed by atoms with Crippen molar-refractivity contribution in [2.24, 2.45) is 5.92 Å². The maximum Gasteiger partial charge on any atom is 0.221 e. The van der Waals surface area contributed by atoms with Crippen molar-refractivity contribution in [3.8, 4) is 5.88 Å². The predicted octanol–water partition coefficient (Wildman–Crippen LogP) is 3.67. The fourth-order valence-corrected chi connectivity index (χ4v) is 2.69. The van der Waals surface area contributed by atoms with Crippen molar-refractivity contribution in [2.45, 2.75) is 44.7 Å². The van der Waals surface area contributed by atoms with Gasteiger partial charge in [-0.25, -0.2) is 4.98 Å². The molecule has 0 aliphatic heterocycles. The smallest absolute Gasteiger partial charge is 0.221 e. The zero-order valence-corrected chi connectivity index (χ0v) is 12.3. The fraction of sp³-hybridized carbons (Fsp3) is 0.500. The SMILES string of the molecule is c1ccc2c(OCCC3CC3)nc(CNC3CC3)cc2c1. The monoisotopic (exact) mass is 282 g/mol. The molecule has 1 N–H and O–H groups in total. The highest BCUT2D eigenvalue weighted by molar-refractivity contribution is 5.87. The maximum absolute atomic E-state index is 5.99. The third-order valence-corrected chi connectivity index (χ3v) is 4.37. The molecule has 3 heteroatoms. The zero-order valence-electron chi connectivity index (χ0n) is 12.3. The molecule has 1 heterocycles. The molecular weight excluding hydrogens is 260 g/mol. The van der Waals surface area contributed by atoms with Gasteiger partial charge in [-0.05, 0) is 42.7 Å². The van der Waals surface area contributed by atoms with Crippen LogP contribution in [-0.2, 0) is 6.54 Å². The van der Waals surface area contributed by atoms with Gasteiger partial charge in [-0.15, -0.1) is 0 Å². The molecule has 0 radical (unpaired) electrons. The molecule has 2 aromatic rings. The van der Waals surface area contributed by atoms with Crippen LogP contribution in [0.25, 0.3) is 10.8 Å². The number of fused-ring (bicyclic) bond motifs is 1. The van der Waals surface area contributed by atoms with Crippen molar-refractivity contribution < 1.29 is 4.74 Å². The Bertz CT molecular complexity index is 632. The molecule has 2 saturated carbocycles. The molecule has 2 aliphatic rings. The molecule has 2 aliphatic carbocycles. The van der Waals surface area contributed by atoms with Crippen LogP contribution in [0.15, 0.2) is 30.3 Å². The first kappa shape index (κ1) is 13.1. The molecule has 0 spiro atoms. The van der Waals surface area contributed by atoms with Crippen LogP contribution in [0.2, 0.25) is 0 Å². The van der Waals surface area contributed by atoms with Gasteiger partial charge in [0.05, 0.1) is 12.3 Å². The summed E-state index contributed by atoms with van der Waals surface area (Å²) >= 11 is 0. The molecule has 0 amide bonds. The first-order valence-electron chi connectivity index (χ1n) is 8.13. The number of pyridine rings is 1. The van der Waals surface area contributed by atoms with E-state index in [0.29, 0.717) is 6.04 Å². The normalized spacial score (nSPS) is 18.1. The van der Waals surface area contributed by atoms with Crippen molar-refractivity contribution in [2.75, 3.05) is 6.61 Å². The van der Waals surface area contributed by atoms with Gasteiger partial charge < -0.3 is 10.1 Å². The molecule has 1 aromatic carbocycles. The number of aromatic nitrogens is 1. The molecule has 0 saturated heterocycles. The minimum absolute atomic E-state index is 0.706. The third kappa shape index (κ3) is 3.35. The van der Waals surface area contributed by atoms with E-state index in [1.807, 2.05) is 0 Å². The van der Waals surface area contributed by atoms with Gasteiger partial charge in [0.1, 0.15) is 0 Å². The fourth-order valence-electron chi connectivity index (χ4n) is 2.69. The number of benzene rings is 1. The third-order valence-electron chi connectivity index (χ3n) is 4.37. The standard InChI is InChI=1S/C18H22N2O/c1-2-4-17-14(3-1)11-16(12-19-15-7-8-15)20-18(17)21-10-9-13-5-6-13/h1-4,11,13,15,19H,5-10,12H2. The Morgan fingerprint density at radius 1 is 1.14 bits per heavy atom. The van der Waals surface area contributed by atoms with Crippen molar-refractivity contribution in [3.05, 3.63) is 36.0 Å². The van der Waals surface area contributed by atoms with Crippen LogP contribution < -0.4 is 10.1 Å². The summed E-state index contributed by atoms with van der Waals surface area (Å²) in [5, 5.41) is 5.88. The second-order valence-corrected chi connectivity index (χ2v) is 6.38. The minimum Gasteiger partial charge on any atom is -0.477 e. The quantitative estimate of drug-likeness (QED) is 0.841. The van der Waals surface area contributed by atoms with Crippen molar-refractivity contribution in [1.82, 2.24) is 10.3 Å². The van der Waals surface area contributed by atoms with Gasteiger partial charge in [-0.3, -0.25) is 0 Å². The molecule has 3 nitrogen and oxygen atoms in total. The molecule has 2 fully saturated rings. The van der Waals surface area contributed by atoms with E-state index in [1.54, 1.807) is 0 Å². The van der Waals surface area contributed by atoms with Crippen molar-refractivity contribution in [3.63, 3.8) is 0 Å². The second kappa shape index (κ2) is 5.64. The van der Waals surface area contributed by atoms with E-state index < -0.39 is 0 Å². The first-order chi connectivity index (χ1) is 10.4. The highest BCUT2D eigenvalue weighted by Gasteiger charge is 2.22. The van der Waals surface area contributed by atoms with E-state index in [0.717, 1.165) is 36.0 Å². The highest BCUT2D eigenvalue weighted by Crippen LogP contribution is 2.33. The topological polar surface area (TPSA) is 34.1 Å². The summed E-state index contributed by atoms with van der Waals surface area (Å²) in [4.78, 5) is 4.73.